The third-order valence-electron chi connectivity index (χ3n) is 11.1. The van der Waals surface area contributed by atoms with Crippen LogP contribution < -0.4 is 10.6 Å². The predicted molar refractivity (Wildman–Crippen MR) is 159 cm³/mol. The van der Waals surface area contributed by atoms with Crippen LogP contribution in [0.5, 0.6) is 0 Å². The summed E-state index contributed by atoms with van der Waals surface area (Å²) in [5.41, 5.74) is 0.799. The van der Waals surface area contributed by atoms with E-state index in [0.717, 1.165) is 38.5 Å². The van der Waals surface area contributed by atoms with E-state index >= 15 is 0 Å². The van der Waals surface area contributed by atoms with E-state index in [9.17, 15) is 14.4 Å². The number of carbonyl (C=O) groups excluding carboxylic acids is 3. The van der Waals surface area contributed by atoms with Crippen molar-refractivity contribution in [1.82, 2.24) is 10.2 Å². The molecule has 8 atom stereocenters. The van der Waals surface area contributed by atoms with Gasteiger partial charge in [-0.15, -0.1) is 0 Å². The van der Waals surface area contributed by atoms with Crippen molar-refractivity contribution in [2.45, 2.75) is 115 Å². The van der Waals surface area contributed by atoms with Crippen molar-refractivity contribution in [3.05, 3.63) is 42.0 Å². The highest BCUT2D eigenvalue weighted by Gasteiger charge is 2.73. The molecule has 2 saturated heterocycles. The molecule has 2 saturated carbocycles. The Morgan fingerprint density at radius 2 is 1.68 bits per heavy atom. The highest BCUT2D eigenvalue weighted by Crippen LogP contribution is 2.56. The summed E-state index contributed by atoms with van der Waals surface area (Å²) >= 11 is 0. The molecular formula is C34H47N3O4. The van der Waals surface area contributed by atoms with Gasteiger partial charge < -0.3 is 20.3 Å². The summed E-state index contributed by atoms with van der Waals surface area (Å²) in [7, 11) is 0. The van der Waals surface area contributed by atoms with Crippen molar-refractivity contribution in [3.63, 3.8) is 0 Å². The molecule has 2 N–H and O–H groups in total. The summed E-state index contributed by atoms with van der Waals surface area (Å²) in [6, 6.07) is 7.20. The first-order valence-electron chi connectivity index (χ1n) is 16.0. The Hall–Kier alpha value is -2.67. The number of likely N-dealkylation sites (tertiary alicyclic amines) is 1. The first kappa shape index (κ1) is 28.4. The van der Waals surface area contributed by atoms with Gasteiger partial charge in [0, 0.05) is 17.8 Å². The molecule has 3 aliphatic heterocycles. The lowest BCUT2D eigenvalue weighted by atomic mass is 9.73. The van der Waals surface area contributed by atoms with Crippen molar-refractivity contribution in [3.8, 4) is 0 Å². The number of carbonyl (C=O) groups is 3. The van der Waals surface area contributed by atoms with Gasteiger partial charge in [0.2, 0.25) is 17.7 Å². The topological polar surface area (TPSA) is 87.7 Å². The van der Waals surface area contributed by atoms with Crippen molar-refractivity contribution >= 4 is 23.4 Å². The number of nitrogens with zero attached hydrogens (tertiary/aromatic N) is 1. The number of hydrogen-bond acceptors (Lipinski definition) is 4. The zero-order chi connectivity index (χ0) is 29.1. The Labute approximate surface area is 244 Å². The first-order valence-corrected chi connectivity index (χ1v) is 16.0. The summed E-state index contributed by atoms with van der Waals surface area (Å²) in [6.07, 6.45) is 10.4. The van der Waals surface area contributed by atoms with Crippen LogP contribution >= 0.6 is 0 Å². The molecule has 1 aromatic carbocycles. The largest absolute Gasteiger partial charge is 0.359 e. The van der Waals surface area contributed by atoms with Gasteiger partial charge >= 0.3 is 0 Å². The lowest BCUT2D eigenvalue weighted by Crippen LogP contribution is -2.59. The maximum atomic E-state index is 14.4. The summed E-state index contributed by atoms with van der Waals surface area (Å²) in [5.74, 6) is 0.116. The van der Waals surface area contributed by atoms with Gasteiger partial charge in [-0.05, 0) is 73.5 Å². The lowest BCUT2D eigenvalue weighted by molar-refractivity contribution is -0.145. The van der Waals surface area contributed by atoms with Gasteiger partial charge in [0.1, 0.15) is 11.6 Å². The molecule has 0 unspecified atom stereocenters. The van der Waals surface area contributed by atoms with E-state index in [0.29, 0.717) is 29.4 Å². The average Bonchev–Trinajstić information content (AvgIpc) is 3.59. The van der Waals surface area contributed by atoms with Gasteiger partial charge in [-0.1, -0.05) is 71.7 Å². The highest BCUT2D eigenvalue weighted by molar-refractivity contribution is 6.03. The third kappa shape index (κ3) is 4.82. The van der Waals surface area contributed by atoms with Crippen molar-refractivity contribution in [2.24, 2.45) is 29.6 Å². The van der Waals surface area contributed by atoms with Crippen LogP contribution in [0.15, 0.2) is 36.4 Å². The van der Waals surface area contributed by atoms with E-state index < -0.39 is 29.6 Å². The Kier molecular flexibility index (Phi) is 7.54. The molecular weight excluding hydrogens is 514 g/mol. The van der Waals surface area contributed by atoms with Gasteiger partial charge in [0.25, 0.3) is 0 Å². The summed E-state index contributed by atoms with van der Waals surface area (Å²) in [4.78, 5) is 44.4. The van der Waals surface area contributed by atoms with Crippen LogP contribution in [-0.4, -0.2) is 52.5 Å². The second-order valence-corrected chi connectivity index (χ2v) is 14.0. The molecule has 3 heterocycles. The number of amides is 3. The molecule has 4 fully saturated rings. The number of ether oxygens (including phenoxy) is 1. The lowest BCUT2D eigenvalue weighted by Gasteiger charge is -2.41. The van der Waals surface area contributed by atoms with E-state index in [1.54, 1.807) is 0 Å². The molecule has 1 aromatic rings. The van der Waals surface area contributed by atoms with Gasteiger partial charge in [-0.25, -0.2) is 0 Å². The number of anilines is 1. The third-order valence-corrected chi connectivity index (χ3v) is 11.1. The smallest absolute Gasteiger partial charge is 0.246 e. The normalized spacial score (nSPS) is 39.7. The Morgan fingerprint density at radius 1 is 0.976 bits per heavy atom. The summed E-state index contributed by atoms with van der Waals surface area (Å²) in [6.45, 7) is 11.0. The minimum Gasteiger partial charge on any atom is -0.359 e. The molecule has 7 heteroatoms. The maximum Gasteiger partial charge on any atom is 0.246 e. The monoisotopic (exact) mass is 561 g/mol. The molecule has 2 aliphatic carbocycles. The molecule has 6 rings (SSSR count). The fourth-order valence-corrected chi connectivity index (χ4v) is 8.34. The van der Waals surface area contributed by atoms with Gasteiger partial charge in [-0.3, -0.25) is 14.4 Å². The van der Waals surface area contributed by atoms with Crippen LogP contribution in [0.2, 0.25) is 0 Å². The van der Waals surface area contributed by atoms with E-state index in [4.69, 9.17) is 4.74 Å². The van der Waals surface area contributed by atoms with Crippen molar-refractivity contribution in [2.75, 3.05) is 5.32 Å². The van der Waals surface area contributed by atoms with Crippen molar-refractivity contribution < 1.29 is 19.1 Å². The van der Waals surface area contributed by atoms with Gasteiger partial charge in [-0.2, -0.15) is 0 Å². The standard InChI is InChI=1S/C34H47N3O4/c1-19(2)23-11-13-24(14-12-23)35-31(38)28-27-17-18-34(41-27)29(28)33(40)37(25-15-9-20(3)10-16-25)30(34)32(39)36-26-8-6-7-21(4)22(26)5/h11-14,17-22,25-30H,6-10,15-16H2,1-5H3,(H,35,38)(H,36,39)/t20?,21-,22-,25?,26+,27+,28+,29+,30-,34-/m0/s1. The fraction of sp³-hybridized carbons (Fsp3) is 0.676. The van der Waals surface area contributed by atoms with Crippen LogP contribution in [0, 0.1) is 29.6 Å². The number of hydrogen-bond donors (Lipinski definition) is 2. The number of benzene rings is 1. The molecule has 5 aliphatic rings. The highest BCUT2D eigenvalue weighted by atomic mass is 16.5. The van der Waals surface area contributed by atoms with Gasteiger partial charge in [0.05, 0.1) is 17.9 Å². The molecule has 1 spiro atoms. The van der Waals surface area contributed by atoms with Crippen LogP contribution in [-0.2, 0) is 19.1 Å². The average molecular weight is 562 g/mol. The number of fused-ring (bicyclic) bond motifs is 1. The van der Waals surface area contributed by atoms with Crippen molar-refractivity contribution in [1.29, 1.82) is 0 Å². The zero-order valence-electron chi connectivity index (χ0n) is 25.3. The minimum absolute atomic E-state index is 0.0135. The van der Waals surface area contributed by atoms with Crippen LogP contribution in [0.25, 0.3) is 0 Å². The van der Waals surface area contributed by atoms with E-state index in [2.05, 4.69) is 45.3 Å². The summed E-state index contributed by atoms with van der Waals surface area (Å²) in [5, 5.41) is 6.44. The first-order chi connectivity index (χ1) is 19.6. The number of rotatable bonds is 6. The molecule has 2 bridgehead atoms. The Balaban J connectivity index is 1.29. The second-order valence-electron chi connectivity index (χ2n) is 14.0. The fourth-order valence-electron chi connectivity index (χ4n) is 8.34. The SMILES string of the molecule is CC1CCC(N2C(=O)[C@H]3[C@H](C(=O)Nc4ccc(C(C)C)cc4)[C@H]4C=C[C@@]3(O4)[C@@H]2C(=O)N[C@@H]2CCC[C@H](C)[C@@H]2C)CC1. The summed E-state index contributed by atoms with van der Waals surface area (Å²) < 4.78 is 6.59. The van der Waals surface area contributed by atoms with E-state index in [1.807, 2.05) is 41.3 Å². The zero-order valence-corrected chi connectivity index (χ0v) is 25.3. The molecule has 3 amide bonds. The maximum absolute atomic E-state index is 14.4. The Morgan fingerprint density at radius 3 is 2.37 bits per heavy atom. The number of nitrogens with one attached hydrogen (secondary N) is 2. The molecule has 222 valence electrons. The predicted octanol–water partition coefficient (Wildman–Crippen LogP) is 5.42. The quantitative estimate of drug-likeness (QED) is 0.454. The van der Waals surface area contributed by atoms with Crippen LogP contribution in [0.1, 0.15) is 91.0 Å². The van der Waals surface area contributed by atoms with E-state index in [-0.39, 0.29) is 29.8 Å². The van der Waals surface area contributed by atoms with E-state index in [1.165, 1.54) is 12.0 Å². The molecule has 7 nitrogen and oxygen atoms in total. The molecule has 0 radical (unpaired) electrons. The van der Waals surface area contributed by atoms with Crippen LogP contribution in [0.4, 0.5) is 5.69 Å². The minimum atomic E-state index is -1.11. The van der Waals surface area contributed by atoms with Crippen LogP contribution in [0.3, 0.4) is 0 Å². The second kappa shape index (κ2) is 10.9. The van der Waals surface area contributed by atoms with Gasteiger partial charge in [0.15, 0.2) is 0 Å². The molecule has 0 aromatic heterocycles. The Bertz CT molecular complexity index is 1200. The molecule has 41 heavy (non-hydrogen) atoms.